The molecule has 1 aliphatic rings. The summed E-state index contributed by atoms with van der Waals surface area (Å²) in [5.74, 6) is 0.604. The molecule has 98 valence electrons. The Balaban J connectivity index is 2.07. The number of anilines is 1. The van der Waals surface area contributed by atoms with Gasteiger partial charge in [-0.3, -0.25) is 4.98 Å². The molecule has 0 aliphatic heterocycles. The minimum absolute atomic E-state index is 0.525. The highest BCUT2D eigenvalue weighted by atomic mass is 15.3. The first-order chi connectivity index (χ1) is 8.59. The van der Waals surface area contributed by atoms with Crippen LogP contribution >= 0.6 is 0 Å². The maximum atomic E-state index is 5.97. The van der Waals surface area contributed by atoms with E-state index in [1.165, 1.54) is 12.8 Å². The number of guanidine groups is 1. The Labute approximate surface area is 108 Å². The van der Waals surface area contributed by atoms with Crippen LogP contribution in [0, 0.1) is 0 Å². The number of hydrogen-bond donors (Lipinski definition) is 1. The summed E-state index contributed by atoms with van der Waals surface area (Å²) in [6.45, 7) is 0.525. The first-order valence-electron chi connectivity index (χ1n) is 6.23. The van der Waals surface area contributed by atoms with E-state index >= 15 is 0 Å². The molecule has 1 saturated carbocycles. The van der Waals surface area contributed by atoms with E-state index in [1.54, 1.807) is 6.20 Å². The third-order valence-electron chi connectivity index (χ3n) is 3.19. The van der Waals surface area contributed by atoms with Gasteiger partial charge in [-0.2, -0.15) is 0 Å². The highest BCUT2D eigenvalue weighted by Gasteiger charge is 2.27. The summed E-state index contributed by atoms with van der Waals surface area (Å²) < 4.78 is 0. The number of aromatic nitrogens is 1. The molecular formula is C13H21N5. The van der Waals surface area contributed by atoms with Crippen molar-refractivity contribution in [2.75, 3.05) is 26.0 Å². The first-order valence-corrected chi connectivity index (χ1v) is 6.23. The van der Waals surface area contributed by atoms with Gasteiger partial charge in [-0.15, -0.1) is 0 Å². The van der Waals surface area contributed by atoms with Crippen molar-refractivity contribution in [1.82, 2.24) is 9.88 Å². The summed E-state index contributed by atoms with van der Waals surface area (Å²) in [6, 6.07) is 4.56. The normalized spacial score (nSPS) is 15.6. The van der Waals surface area contributed by atoms with Gasteiger partial charge < -0.3 is 15.5 Å². The van der Waals surface area contributed by atoms with Gasteiger partial charge in [0.25, 0.3) is 0 Å². The van der Waals surface area contributed by atoms with E-state index in [-0.39, 0.29) is 0 Å². The van der Waals surface area contributed by atoms with Gasteiger partial charge in [-0.05, 0) is 25.0 Å². The van der Waals surface area contributed by atoms with Gasteiger partial charge in [-0.25, -0.2) is 4.99 Å². The third-order valence-corrected chi connectivity index (χ3v) is 3.19. The Bertz CT molecular complexity index is 437. The van der Waals surface area contributed by atoms with E-state index in [0.29, 0.717) is 18.5 Å². The minimum atomic E-state index is 0.525. The van der Waals surface area contributed by atoms with Crippen molar-refractivity contribution in [3.63, 3.8) is 0 Å². The van der Waals surface area contributed by atoms with Crippen LogP contribution in [-0.2, 0) is 6.54 Å². The molecule has 18 heavy (non-hydrogen) atoms. The smallest absolute Gasteiger partial charge is 0.191 e. The van der Waals surface area contributed by atoms with Gasteiger partial charge in [0.1, 0.15) is 0 Å². The zero-order valence-electron chi connectivity index (χ0n) is 11.3. The number of pyridine rings is 1. The molecule has 0 amide bonds. The summed E-state index contributed by atoms with van der Waals surface area (Å²) >= 11 is 0. The molecule has 5 heteroatoms. The van der Waals surface area contributed by atoms with Crippen molar-refractivity contribution >= 4 is 11.6 Å². The molecule has 0 atom stereocenters. The molecule has 1 aromatic rings. The number of nitrogens with two attached hydrogens (primary N) is 1. The van der Waals surface area contributed by atoms with Crippen LogP contribution in [0.4, 0.5) is 5.69 Å². The van der Waals surface area contributed by atoms with Crippen LogP contribution in [0.1, 0.15) is 18.5 Å². The van der Waals surface area contributed by atoms with Gasteiger partial charge in [0.05, 0.1) is 17.9 Å². The Morgan fingerprint density at radius 2 is 2.17 bits per heavy atom. The maximum Gasteiger partial charge on any atom is 0.191 e. The molecule has 5 nitrogen and oxygen atoms in total. The van der Waals surface area contributed by atoms with Gasteiger partial charge in [0.2, 0.25) is 0 Å². The molecule has 2 N–H and O–H groups in total. The van der Waals surface area contributed by atoms with Crippen LogP contribution in [0.2, 0.25) is 0 Å². The molecular weight excluding hydrogens is 226 g/mol. The molecule has 0 saturated heterocycles. The van der Waals surface area contributed by atoms with E-state index in [2.05, 4.69) is 14.9 Å². The first kappa shape index (κ1) is 12.7. The highest BCUT2D eigenvalue weighted by Crippen LogP contribution is 2.25. The van der Waals surface area contributed by atoms with Crippen LogP contribution in [0.15, 0.2) is 23.3 Å². The summed E-state index contributed by atoms with van der Waals surface area (Å²) in [6.07, 6.45) is 4.23. The lowest BCUT2D eigenvalue weighted by atomic mass is 10.3. The zero-order chi connectivity index (χ0) is 13.1. The quantitative estimate of drug-likeness (QED) is 0.638. The minimum Gasteiger partial charge on any atom is -0.376 e. The standard InChI is InChI=1S/C13H21N5/c1-17(2)12-5-4-8-15-11(12)9-16-13(14)18(3)10-6-7-10/h4-5,8,10H,6-7,9H2,1-3H3,(H2,14,16). The second-order valence-corrected chi connectivity index (χ2v) is 4.88. The fourth-order valence-electron chi connectivity index (χ4n) is 1.87. The number of aliphatic imine (C=N–C) groups is 1. The summed E-state index contributed by atoms with van der Waals surface area (Å²) in [5.41, 5.74) is 8.01. The Kier molecular flexibility index (Phi) is 3.69. The molecule has 0 radical (unpaired) electrons. The van der Waals surface area contributed by atoms with E-state index in [9.17, 15) is 0 Å². The lowest BCUT2D eigenvalue weighted by Crippen LogP contribution is -2.35. The summed E-state index contributed by atoms with van der Waals surface area (Å²) in [4.78, 5) is 12.9. The van der Waals surface area contributed by atoms with E-state index in [0.717, 1.165) is 11.4 Å². The molecule has 0 bridgehead atoms. The van der Waals surface area contributed by atoms with E-state index < -0.39 is 0 Å². The van der Waals surface area contributed by atoms with E-state index in [4.69, 9.17) is 5.73 Å². The second kappa shape index (κ2) is 5.25. The highest BCUT2D eigenvalue weighted by molar-refractivity contribution is 5.78. The Hall–Kier alpha value is -1.78. The van der Waals surface area contributed by atoms with Crippen molar-refractivity contribution in [2.24, 2.45) is 10.7 Å². The molecule has 2 rings (SSSR count). The number of hydrogen-bond acceptors (Lipinski definition) is 3. The van der Waals surface area contributed by atoms with Gasteiger partial charge in [-0.1, -0.05) is 0 Å². The molecule has 1 aliphatic carbocycles. The topological polar surface area (TPSA) is 57.8 Å². The molecule has 1 heterocycles. The van der Waals surface area contributed by atoms with Crippen molar-refractivity contribution in [3.05, 3.63) is 24.0 Å². The molecule has 1 fully saturated rings. The fourth-order valence-corrected chi connectivity index (χ4v) is 1.87. The van der Waals surface area contributed by atoms with Gasteiger partial charge in [0, 0.05) is 33.4 Å². The van der Waals surface area contributed by atoms with E-state index in [1.807, 2.05) is 38.2 Å². The average molecular weight is 247 g/mol. The molecule has 0 unspecified atom stereocenters. The predicted octanol–water partition coefficient (Wildman–Crippen LogP) is 1.06. The lowest BCUT2D eigenvalue weighted by molar-refractivity contribution is 0.487. The number of nitrogens with zero attached hydrogens (tertiary/aromatic N) is 4. The summed E-state index contributed by atoms with van der Waals surface area (Å²) in [7, 11) is 6.01. The number of rotatable bonds is 4. The lowest BCUT2D eigenvalue weighted by Gasteiger charge is -2.18. The Morgan fingerprint density at radius 1 is 1.44 bits per heavy atom. The van der Waals surface area contributed by atoms with Crippen LogP contribution in [0.3, 0.4) is 0 Å². The van der Waals surface area contributed by atoms with Gasteiger partial charge >= 0.3 is 0 Å². The molecule has 0 spiro atoms. The molecule has 1 aromatic heterocycles. The third kappa shape index (κ3) is 2.91. The fraction of sp³-hybridized carbons (Fsp3) is 0.538. The zero-order valence-corrected chi connectivity index (χ0v) is 11.3. The second-order valence-electron chi connectivity index (χ2n) is 4.88. The maximum absolute atomic E-state index is 5.97. The van der Waals surface area contributed by atoms with Crippen molar-refractivity contribution < 1.29 is 0 Å². The summed E-state index contributed by atoms with van der Waals surface area (Å²) in [5, 5.41) is 0. The van der Waals surface area contributed by atoms with Crippen molar-refractivity contribution in [3.8, 4) is 0 Å². The van der Waals surface area contributed by atoms with Gasteiger partial charge in [0.15, 0.2) is 5.96 Å². The molecule has 0 aromatic carbocycles. The van der Waals surface area contributed by atoms with Crippen LogP contribution in [0.25, 0.3) is 0 Å². The monoisotopic (exact) mass is 247 g/mol. The average Bonchev–Trinajstić information content (AvgIpc) is 3.19. The van der Waals surface area contributed by atoms with Crippen LogP contribution in [-0.4, -0.2) is 43.0 Å². The predicted molar refractivity (Wildman–Crippen MR) is 74.7 cm³/mol. The van der Waals surface area contributed by atoms with Crippen molar-refractivity contribution in [1.29, 1.82) is 0 Å². The van der Waals surface area contributed by atoms with Crippen molar-refractivity contribution in [2.45, 2.75) is 25.4 Å². The van der Waals surface area contributed by atoms with Crippen LogP contribution in [0.5, 0.6) is 0 Å². The van der Waals surface area contributed by atoms with Crippen LogP contribution < -0.4 is 10.6 Å². The Morgan fingerprint density at radius 3 is 2.78 bits per heavy atom. The largest absolute Gasteiger partial charge is 0.376 e. The SMILES string of the molecule is CN(C)c1cccnc1CN=C(N)N(C)C1CC1.